The molecule has 4 heterocycles. The fourth-order valence-electron chi connectivity index (χ4n) is 4.45. The normalized spacial score (nSPS) is 29.1. The van der Waals surface area contributed by atoms with E-state index in [0.717, 1.165) is 6.29 Å². The molecule has 160 valence electrons. The van der Waals surface area contributed by atoms with Gasteiger partial charge in [0.1, 0.15) is 35.6 Å². The van der Waals surface area contributed by atoms with E-state index in [-0.39, 0.29) is 5.91 Å². The molecule has 1 aromatic carbocycles. The van der Waals surface area contributed by atoms with Crippen LogP contribution in [0.15, 0.2) is 48.9 Å². The van der Waals surface area contributed by atoms with E-state index in [1.807, 2.05) is 26.8 Å². The fourth-order valence-corrected chi connectivity index (χ4v) is 4.45. The van der Waals surface area contributed by atoms with Crippen LogP contribution in [-0.4, -0.2) is 50.3 Å². The molecule has 31 heavy (non-hydrogen) atoms. The molecule has 0 spiro atoms. The molecule has 5 rings (SSSR count). The zero-order valence-corrected chi connectivity index (χ0v) is 17.3. The van der Waals surface area contributed by atoms with Gasteiger partial charge in [-0.25, -0.2) is 9.97 Å². The van der Waals surface area contributed by atoms with E-state index in [4.69, 9.17) is 14.2 Å². The lowest BCUT2D eigenvalue weighted by atomic mass is 9.97. The van der Waals surface area contributed by atoms with E-state index in [0.29, 0.717) is 22.4 Å². The lowest BCUT2D eigenvalue weighted by Crippen LogP contribution is -2.41. The quantitative estimate of drug-likeness (QED) is 0.645. The van der Waals surface area contributed by atoms with Gasteiger partial charge in [-0.2, -0.15) is 0 Å². The van der Waals surface area contributed by atoms with Crippen molar-refractivity contribution in [3.63, 3.8) is 0 Å². The Morgan fingerprint density at radius 2 is 1.94 bits per heavy atom. The van der Waals surface area contributed by atoms with Crippen molar-refractivity contribution in [2.75, 3.05) is 5.32 Å². The number of hydrogen-bond acceptors (Lipinski definition) is 7. The summed E-state index contributed by atoms with van der Waals surface area (Å²) in [5.74, 6) is -0.740. The Morgan fingerprint density at radius 3 is 2.68 bits per heavy atom. The Bertz CT molecular complexity index is 1160. The van der Waals surface area contributed by atoms with E-state index < -0.39 is 29.8 Å². The fraction of sp³-hybridized carbons (Fsp3) is 0.364. The molecule has 1 amide bonds. The molecule has 0 unspecified atom stereocenters. The van der Waals surface area contributed by atoms with Crippen molar-refractivity contribution in [1.29, 1.82) is 0 Å². The van der Waals surface area contributed by atoms with Gasteiger partial charge < -0.3 is 28.9 Å². The summed E-state index contributed by atoms with van der Waals surface area (Å²) in [5, 5.41) is 3.48. The van der Waals surface area contributed by atoms with Crippen LogP contribution in [0.1, 0.15) is 37.4 Å². The van der Waals surface area contributed by atoms with E-state index >= 15 is 0 Å². The number of rotatable bonds is 4. The summed E-state index contributed by atoms with van der Waals surface area (Å²) in [5.41, 5.74) is 0.165. The van der Waals surface area contributed by atoms with Gasteiger partial charge in [0.25, 0.3) is 5.91 Å². The van der Waals surface area contributed by atoms with Crippen molar-refractivity contribution in [1.82, 2.24) is 14.5 Å². The number of ether oxygens (including phenoxy) is 3. The molecule has 9 nitrogen and oxygen atoms in total. The van der Waals surface area contributed by atoms with Gasteiger partial charge in [0.2, 0.25) is 0 Å². The van der Waals surface area contributed by atoms with Gasteiger partial charge in [-0.05, 0) is 39.0 Å². The summed E-state index contributed by atoms with van der Waals surface area (Å²) in [6.45, 7) is 5.48. The molecule has 2 saturated heterocycles. The van der Waals surface area contributed by atoms with Gasteiger partial charge in [0.15, 0.2) is 18.3 Å². The van der Waals surface area contributed by atoms with Crippen LogP contribution in [0.3, 0.4) is 0 Å². The van der Waals surface area contributed by atoms with Gasteiger partial charge in [-0.3, -0.25) is 4.79 Å². The second kappa shape index (κ2) is 6.94. The molecule has 9 heteroatoms. The molecule has 2 aliphatic heterocycles. The molecule has 1 N–H and O–H groups in total. The van der Waals surface area contributed by atoms with Gasteiger partial charge in [-0.1, -0.05) is 18.2 Å². The second-order valence-corrected chi connectivity index (χ2v) is 8.32. The van der Waals surface area contributed by atoms with Crippen molar-refractivity contribution in [3.05, 3.63) is 54.5 Å². The Kier molecular flexibility index (Phi) is 4.44. The highest BCUT2D eigenvalue weighted by Crippen LogP contribution is 2.51. The first kappa shape index (κ1) is 19.8. The Morgan fingerprint density at radius 1 is 1.16 bits per heavy atom. The predicted octanol–water partition coefficient (Wildman–Crippen LogP) is 2.69. The molecule has 0 bridgehead atoms. The number of benzene rings is 1. The van der Waals surface area contributed by atoms with E-state index in [2.05, 4.69) is 15.3 Å². The molecule has 0 radical (unpaired) electrons. The highest BCUT2D eigenvalue weighted by atomic mass is 16.8. The molecular formula is C22H22N4O5. The second-order valence-electron chi connectivity index (χ2n) is 8.32. The minimum atomic E-state index is -0.903. The van der Waals surface area contributed by atoms with E-state index in [9.17, 15) is 9.59 Å². The highest BCUT2D eigenvalue weighted by molar-refractivity contribution is 6.07. The van der Waals surface area contributed by atoms with Gasteiger partial charge in [0, 0.05) is 11.8 Å². The van der Waals surface area contributed by atoms with Gasteiger partial charge in [0.05, 0.1) is 5.39 Å². The van der Waals surface area contributed by atoms with Crippen molar-refractivity contribution in [2.45, 2.75) is 50.6 Å². The number of anilines is 1. The minimum absolute atomic E-state index is 0.271. The zero-order chi connectivity index (χ0) is 21.8. The van der Waals surface area contributed by atoms with Crippen LogP contribution in [0.4, 0.5) is 5.82 Å². The third-order valence-electron chi connectivity index (χ3n) is 5.68. The van der Waals surface area contributed by atoms with E-state index in [1.54, 1.807) is 41.1 Å². The van der Waals surface area contributed by atoms with Crippen LogP contribution in [0.2, 0.25) is 0 Å². The summed E-state index contributed by atoms with van der Waals surface area (Å²) in [6, 6.07) is 10.7. The molecule has 2 aliphatic rings. The first-order valence-corrected chi connectivity index (χ1v) is 9.99. The summed E-state index contributed by atoms with van der Waals surface area (Å²) < 4.78 is 20.0. The molecule has 2 aromatic heterocycles. The van der Waals surface area contributed by atoms with Crippen molar-refractivity contribution >= 4 is 29.0 Å². The van der Waals surface area contributed by atoms with Crippen LogP contribution in [0.5, 0.6) is 0 Å². The predicted molar refractivity (Wildman–Crippen MR) is 110 cm³/mol. The third-order valence-corrected chi connectivity index (χ3v) is 5.68. The summed E-state index contributed by atoms with van der Waals surface area (Å²) in [6.07, 6.45) is 1.92. The maximum atomic E-state index is 12.6. The van der Waals surface area contributed by atoms with Crippen molar-refractivity contribution in [2.24, 2.45) is 0 Å². The lowest BCUT2D eigenvalue weighted by molar-refractivity contribution is -0.212. The van der Waals surface area contributed by atoms with Crippen LogP contribution >= 0.6 is 0 Å². The number of carbonyl (C=O) groups excluding carboxylic acids is 2. The number of aromatic nitrogens is 3. The lowest BCUT2D eigenvalue weighted by Gasteiger charge is -2.30. The molecular weight excluding hydrogens is 400 g/mol. The largest absolute Gasteiger partial charge is 0.341 e. The third kappa shape index (κ3) is 3.13. The monoisotopic (exact) mass is 422 g/mol. The first-order chi connectivity index (χ1) is 14.8. The Balaban J connectivity index is 1.52. The van der Waals surface area contributed by atoms with Gasteiger partial charge >= 0.3 is 0 Å². The number of aldehydes is 1. The summed E-state index contributed by atoms with van der Waals surface area (Å²) in [7, 11) is 0. The molecule has 3 aromatic rings. The number of fused-ring (bicyclic) bond motifs is 2. The minimum Gasteiger partial charge on any atom is -0.341 e. The van der Waals surface area contributed by atoms with Gasteiger partial charge in [-0.15, -0.1) is 0 Å². The Hall–Kier alpha value is -3.14. The van der Waals surface area contributed by atoms with E-state index in [1.165, 1.54) is 6.33 Å². The SMILES string of the molecule is CC1(C)O[C@@H]2[C@@H](C=O)O[C@@H](n3ccc4c(NC(=O)c5ccccc5)ncnc43)[C@]2(C)O1. The first-order valence-electron chi connectivity index (χ1n) is 9.99. The van der Waals surface area contributed by atoms with Crippen LogP contribution in [0, 0.1) is 0 Å². The van der Waals surface area contributed by atoms with Crippen molar-refractivity contribution < 1.29 is 23.8 Å². The smallest absolute Gasteiger partial charge is 0.256 e. The number of hydrogen-bond donors (Lipinski definition) is 1. The van der Waals surface area contributed by atoms with Crippen LogP contribution < -0.4 is 5.32 Å². The van der Waals surface area contributed by atoms with Crippen LogP contribution in [0.25, 0.3) is 11.0 Å². The topological polar surface area (TPSA) is 105 Å². The zero-order valence-electron chi connectivity index (χ0n) is 17.3. The Labute approximate surface area is 178 Å². The maximum absolute atomic E-state index is 12.6. The number of amides is 1. The molecule has 0 aliphatic carbocycles. The maximum Gasteiger partial charge on any atom is 0.256 e. The average molecular weight is 422 g/mol. The molecule has 2 fully saturated rings. The molecule has 4 atom stereocenters. The summed E-state index contributed by atoms with van der Waals surface area (Å²) >= 11 is 0. The molecule has 0 saturated carbocycles. The number of carbonyl (C=O) groups is 2. The number of nitrogens with zero attached hydrogens (tertiary/aromatic N) is 3. The standard InChI is InChI=1S/C22H22N4O5/c1-21(2)30-16-15(11-27)29-20(22(16,3)31-21)26-10-9-14-17(23-12-24-18(14)26)25-19(28)13-7-5-4-6-8-13/h4-12,15-16,20H,1-3H3,(H,23,24,25,28)/t15-,16-,20-,22-/m1/s1. The number of nitrogens with one attached hydrogen (secondary N) is 1. The highest BCUT2D eigenvalue weighted by Gasteiger charge is 2.64. The van der Waals surface area contributed by atoms with Crippen molar-refractivity contribution in [3.8, 4) is 0 Å². The summed E-state index contributed by atoms with van der Waals surface area (Å²) in [4.78, 5) is 32.9. The average Bonchev–Trinajstić information content (AvgIpc) is 3.35. The van der Waals surface area contributed by atoms with Crippen LogP contribution in [-0.2, 0) is 19.0 Å².